The number of aromatic nitrogens is 1. The van der Waals surface area contributed by atoms with Crippen LogP contribution >= 0.6 is 11.9 Å². The Morgan fingerprint density at radius 1 is 1.04 bits per heavy atom. The Hall–Kier alpha value is -1.92. The number of H-pyrrole nitrogens is 1. The average Bonchev–Trinajstić information content (AvgIpc) is 3.02. The van der Waals surface area contributed by atoms with E-state index in [-0.39, 0.29) is 5.82 Å². The Balaban J connectivity index is 0.000000419. The first kappa shape index (κ1) is 22.4. The lowest BCUT2D eigenvalue weighted by molar-refractivity contribution is 0.423. The van der Waals surface area contributed by atoms with Gasteiger partial charge in [0.25, 0.3) is 0 Å². The summed E-state index contributed by atoms with van der Waals surface area (Å²) >= 11 is 1.36. The highest BCUT2D eigenvalue weighted by atomic mass is 32.2. The van der Waals surface area contributed by atoms with Gasteiger partial charge >= 0.3 is 0 Å². The van der Waals surface area contributed by atoms with E-state index in [0.29, 0.717) is 16.8 Å². The lowest BCUT2D eigenvalue weighted by Crippen LogP contribution is -2.09. The molecule has 0 saturated heterocycles. The Bertz CT molecular complexity index is 885. The number of aromatic amines is 1. The minimum Gasteiger partial charge on any atom is -0.352 e. The largest absolute Gasteiger partial charge is 0.352 e. The Morgan fingerprint density at radius 3 is 2.14 bits per heavy atom. The van der Waals surface area contributed by atoms with E-state index in [2.05, 4.69) is 4.98 Å². The van der Waals surface area contributed by atoms with Crippen molar-refractivity contribution in [2.75, 3.05) is 5.75 Å². The summed E-state index contributed by atoms with van der Waals surface area (Å²) in [5, 5.41) is 5.54. The second kappa shape index (κ2) is 10.6. The standard InChI is InChI=1S/C18H14F3N.C2H7NS.C2H6/c19-12-6-4-11(5-7-12)17-16(10-2-1-3-10)14-8-13(20)9-15(21)18(14)22-17;1-2-4-3;1-2/h4-10,22H,1-3H2;2-3H2,1H3;1-2H3. The average molecular weight is 409 g/mol. The summed E-state index contributed by atoms with van der Waals surface area (Å²) in [5.74, 6) is -0.170. The fourth-order valence-corrected chi connectivity index (χ4v) is 3.21. The molecule has 1 heterocycles. The molecule has 0 radical (unpaired) electrons. The first-order chi connectivity index (χ1) is 13.5. The van der Waals surface area contributed by atoms with Crippen LogP contribution in [0.5, 0.6) is 0 Å². The molecule has 0 atom stereocenters. The van der Waals surface area contributed by atoms with E-state index >= 15 is 0 Å². The maximum atomic E-state index is 14.1. The zero-order valence-corrected chi connectivity index (χ0v) is 17.3. The summed E-state index contributed by atoms with van der Waals surface area (Å²) in [6.45, 7) is 6.02. The van der Waals surface area contributed by atoms with Gasteiger partial charge in [0, 0.05) is 17.2 Å². The molecule has 0 amide bonds. The van der Waals surface area contributed by atoms with Gasteiger partial charge in [-0.15, -0.1) is 0 Å². The quantitative estimate of drug-likeness (QED) is 0.452. The van der Waals surface area contributed by atoms with E-state index in [1.165, 1.54) is 30.1 Å². The summed E-state index contributed by atoms with van der Waals surface area (Å²) in [5.41, 5.74) is 2.83. The molecule has 0 bridgehead atoms. The highest BCUT2D eigenvalue weighted by Gasteiger charge is 2.27. The third kappa shape index (κ3) is 4.92. The highest BCUT2D eigenvalue weighted by molar-refractivity contribution is 7.97. The van der Waals surface area contributed by atoms with Gasteiger partial charge in [-0.1, -0.05) is 39.1 Å². The van der Waals surface area contributed by atoms with Gasteiger partial charge in [-0.3, -0.25) is 5.14 Å². The predicted octanol–water partition coefficient (Wildman–Crippen LogP) is 7.16. The van der Waals surface area contributed by atoms with Crippen molar-refractivity contribution in [3.8, 4) is 11.3 Å². The molecule has 3 aromatic rings. The molecule has 152 valence electrons. The first-order valence-corrected chi connectivity index (χ1v) is 10.7. The molecule has 1 aliphatic rings. The molecule has 1 aliphatic carbocycles. The summed E-state index contributed by atoms with van der Waals surface area (Å²) in [6.07, 6.45) is 3.15. The van der Waals surface area contributed by atoms with Crippen molar-refractivity contribution >= 4 is 22.9 Å². The molecule has 6 heteroatoms. The van der Waals surface area contributed by atoms with Crippen LogP contribution in [-0.4, -0.2) is 10.7 Å². The van der Waals surface area contributed by atoms with Crippen molar-refractivity contribution in [2.24, 2.45) is 5.14 Å². The van der Waals surface area contributed by atoms with Crippen LogP contribution < -0.4 is 5.14 Å². The van der Waals surface area contributed by atoms with Gasteiger partial charge in [0.05, 0.1) is 11.2 Å². The number of benzene rings is 2. The molecule has 3 N–H and O–H groups in total. The van der Waals surface area contributed by atoms with Crippen LogP contribution in [0.2, 0.25) is 0 Å². The Labute approximate surface area is 168 Å². The molecule has 2 aromatic carbocycles. The van der Waals surface area contributed by atoms with Crippen molar-refractivity contribution in [1.29, 1.82) is 0 Å². The van der Waals surface area contributed by atoms with Crippen LogP contribution in [0.15, 0.2) is 36.4 Å². The van der Waals surface area contributed by atoms with Crippen molar-refractivity contribution in [1.82, 2.24) is 4.98 Å². The first-order valence-electron chi connectivity index (χ1n) is 9.63. The maximum Gasteiger partial charge on any atom is 0.150 e. The molecule has 0 unspecified atom stereocenters. The normalized spacial score (nSPS) is 13.2. The van der Waals surface area contributed by atoms with E-state index < -0.39 is 11.6 Å². The van der Waals surface area contributed by atoms with E-state index in [0.717, 1.165) is 47.9 Å². The van der Waals surface area contributed by atoms with E-state index in [1.807, 2.05) is 20.8 Å². The number of fused-ring (bicyclic) bond motifs is 1. The van der Waals surface area contributed by atoms with Crippen molar-refractivity contribution in [3.05, 3.63) is 59.4 Å². The van der Waals surface area contributed by atoms with Crippen LogP contribution in [-0.2, 0) is 0 Å². The fourth-order valence-electron chi connectivity index (χ4n) is 3.21. The van der Waals surface area contributed by atoms with E-state index in [4.69, 9.17) is 5.14 Å². The fraction of sp³-hybridized carbons (Fsp3) is 0.364. The molecular formula is C22H27F3N2S. The summed E-state index contributed by atoms with van der Waals surface area (Å²) in [7, 11) is 0. The topological polar surface area (TPSA) is 41.8 Å². The third-order valence-electron chi connectivity index (χ3n) is 4.68. The lowest BCUT2D eigenvalue weighted by atomic mass is 9.78. The Kier molecular flexibility index (Phi) is 8.45. The number of nitrogens with two attached hydrogens (primary N) is 1. The third-order valence-corrected chi connectivity index (χ3v) is 5.01. The number of rotatable bonds is 3. The number of hydrogen-bond donors (Lipinski definition) is 2. The van der Waals surface area contributed by atoms with Crippen molar-refractivity contribution in [2.45, 2.75) is 46.0 Å². The second-order valence-electron chi connectivity index (χ2n) is 6.31. The van der Waals surface area contributed by atoms with E-state index in [1.54, 1.807) is 12.1 Å². The minimum absolute atomic E-state index is 0.301. The second-order valence-corrected chi connectivity index (χ2v) is 7.22. The number of nitrogens with one attached hydrogen (secondary N) is 1. The van der Waals surface area contributed by atoms with Crippen LogP contribution in [0, 0.1) is 17.5 Å². The molecule has 1 fully saturated rings. The smallest absolute Gasteiger partial charge is 0.150 e. The van der Waals surface area contributed by atoms with Crippen LogP contribution in [0.1, 0.15) is 51.5 Å². The summed E-state index contributed by atoms with van der Waals surface area (Å²) < 4.78 is 40.8. The van der Waals surface area contributed by atoms with Gasteiger partial charge in [0.1, 0.15) is 17.5 Å². The van der Waals surface area contributed by atoms with Crippen LogP contribution in [0.25, 0.3) is 22.2 Å². The van der Waals surface area contributed by atoms with Crippen LogP contribution in [0.3, 0.4) is 0 Å². The van der Waals surface area contributed by atoms with Gasteiger partial charge in [-0.05, 0) is 60.2 Å². The molecule has 4 rings (SSSR count). The number of halogens is 3. The SMILES string of the molecule is CC.CCSN.Fc1ccc(-c2[nH]c3c(F)cc(F)cc3c2C2CCC2)cc1. The maximum absolute atomic E-state index is 14.1. The van der Waals surface area contributed by atoms with Crippen molar-refractivity contribution in [3.63, 3.8) is 0 Å². The zero-order valence-electron chi connectivity index (χ0n) is 16.5. The van der Waals surface area contributed by atoms with E-state index in [9.17, 15) is 13.2 Å². The van der Waals surface area contributed by atoms with Gasteiger partial charge in [0.15, 0.2) is 0 Å². The molecule has 2 nitrogen and oxygen atoms in total. The van der Waals surface area contributed by atoms with Crippen LogP contribution in [0.4, 0.5) is 13.2 Å². The highest BCUT2D eigenvalue weighted by Crippen LogP contribution is 2.45. The Morgan fingerprint density at radius 2 is 1.64 bits per heavy atom. The van der Waals surface area contributed by atoms with Gasteiger partial charge in [0.2, 0.25) is 0 Å². The number of hydrogen-bond acceptors (Lipinski definition) is 2. The summed E-state index contributed by atoms with van der Waals surface area (Å²) in [4.78, 5) is 3.08. The molecule has 0 aliphatic heterocycles. The summed E-state index contributed by atoms with van der Waals surface area (Å²) in [6, 6.07) is 8.35. The lowest BCUT2D eigenvalue weighted by Gasteiger charge is -2.26. The van der Waals surface area contributed by atoms with Gasteiger partial charge < -0.3 is 4.98 Å². The molecule has 1 saturated carbocycles. The molecule has 1 aromatic heterocycles. The zero-order chi connectivity index (χ0) is 20.7. The van der Waals surface area contributed by atoms with Gasteiger partial charge in [-0.25, -0.2) is 13.2 Å². The van der Waals surface area contributed by atoms with Crippen molar-refractivity contribution < 1.29 is 13.2 Å². The predicted molar refractivity (Wildman–Crippen MR) is 114 cm³/mol. The minimum atomic E-state index is -0.594. The molecular weight excluding hydrogens is 381 g/mol. The molecule has 0 spiro atoms. The molecule has 28 heavy (non-hydrogen) atoms. The van der Waals surface area contributed by atoms with Gasteiger partial charge in [-0.2, -0.15) is 0 Å². The monoisotopic (exact) mass is 408 g/mol.